The minimum Gasteiger partial charge on any atom is -0.387 e. The van der Waals surface area contributed by atoms with Gasteiger partial charge in [0.1, 0.15) is 6.04 Å². The summed E-state index contributed by atoms with van der Waals surface area (Å²) < 4.78 is 1.70. The zero-order chi connectivity index (χ0) is 18.5. The summed E-state index contributed by atoms with van der Waals surface area (Å²) in [7, 11) is 3.64. The number of aliphatic hydroxyl groups excluding tert-OH is 1. The number of aliphatic hydroxyl groups is 1. The van der Waals surface area contributed by atoms with E-state index in [2.05, 4.69) is 15.3 Å². The molecule has 1 amide bonds. The number of aromatic nitrogens is 2. The van der Waals surface area contributed by atoms with Gasteiger partial charge in [0.05, 0.1) is 12.3 Å². The van der Waals surface area contributed by atoms with Crippen LogP contribution in [-0.2, 0) is 11.8 Å². The number of β-amino-alcohol motifs (C(OH)–C–C–N with tert-alkyl or cyclic N) is 1. The van der Waals surface area contributed by atoms with Crippen LogP contribution in [0.5, 0.6) is 0 Å². The molecular weight excluding hydrogens is 401 g/mol. The van der Waals surface area contributed by atoms with Gasteiger partial charge in [0.2, 0.25) is 5.91 Å². The number of hydrogen-bond acceptors (Lipinski definition) is 5. The first-order chi connectivity index (χ1) is 12.6. The molecule has 1 aliphatic heterocycles. The van der Waals surface area contributed by atoms with Crippen molar-refractivity contribution in [3.63, 3.8) is 0 Å². The van der Waals surface area contributed by atoms with Crippen LogP contribution in [0.15, 0.2) is 42.7 Å². The third-order valence-corrected chi connectivity index (χ3v) is 4.89. The Kier molecular flexibility index (Phi) is 9.92. The Labute approximate surface area is 178 Å². The van der Waals surface area contributed by atoms with E-state index in [0.29, 0.717) is 19.6 Å². The van der Waals surface area contributed by atoms with E-state index in [9.17, 15) is 9.90 Å². The van der Waals surface area contributed by atoms with Crippen molar-refractivity contribution in [3.8, 4) is 0 Å². The maximum atomic E-state index is 12.8. The average Bonchev–Trinajstić information content (AvgIpc) is 3.09. The largest absolute Gasteiger partial charge is 0.387 e. The SMILES string of the molecule is CNC(C(=O)N1CCN(CC(O)c2ccccc2)CC1)c1cnn(C)c1.Cl.Cl. The third-order valence-electron chi connectivity index (χ3n) is 4.89. The molecule has 1 aliphatic rings. The van der Waals surface area contributed by atoms with Gasteiger partial charge in [-0.25, -0.2) is 0 Å². The summed E-state index contributed by atoms with van der Waals surface area (Å²) >= 11 is 0. The van der Waals surface area contributed by atoms with Crippen LogP contribution in [0.3, 0.4) is 0 Å². The van der Waals surface area contributed by atoms with E-state index in [4.69, 9.17) is 0 Å². The number of nitrogens with zero attached hydrogens (tertiary/aromatic N) is 4. The molecule has 1 aromatic carbocycles. The Balaban J connectivity index is 0.00000196. The summed E-state index contributed by atoms with van der Waals surface area (Å²) in [6.07, 6.45) is 3.09. The van der Waals surface area contributed by atoms with Crippen molar-refractivity contribution in [1.82, 2.24) is 24.9 Å². The molecule has 0 aliphatic carbocycles. The fourth-order valence-corrected chi connectivity index (χ4v) is 3.38. The molecule has 2 aromatic rings. The number of nitrogens with one attached hydrogen (secondary N) is 1. The molecule has 1 fully saturated rings. The third kappa shape index (κ3) is 5.93. The Hall–Kier alpha value is -1.64. The molecule has 0 spiro atoms. The number of carbonyl (C=O) groups excluding carboxylic acids is 1. The van der Waals surface area contributed by atoms with Crippen LogP contribution < -0.4 is 5.32 Å². The summed E-state index contributed by atoms with van der Waals surface area (Å²) in [6.45, 7) is 3.44. The highest BCUT2D eigenvalue weighted by atomic mass is 35.5. The second kappa shape index (κ2) is 11.4. The van der Waals surface area contributed by atoms with Gasteiger partial charge < -0.3 is 15.3 Å². The van der Waals surface area contributed by atoms with Gasteiger partial charge in [0, 0.05) is 51.5 Å². The molecule has 2 atom stereocenters. The predicted octanol–water partition coefficient (Wildman–Crippen LogP) is 1.40. The number of rotatable bonds is 6. The molecule has 0 bridgehead atoms. The standard InChI is InChI=1S/C19H27N5O2.2ClH/c1-20-18(16-12-21-22(2)13-16)19(26)24-10-8-23(9-11-24)14-17(25)15-6-4-3-5-7-15;;/h3-7,12-13,17-18,20,25H,8-11,14H2,1-2H3;2*1H. The smallest absolute Gasteiger partial charge is 0.244 e. The molecule has 2 N–H and O–H groups in total. The lowest BCUT2D eigenvalue weighted by molar-refractivity contribution is -0.135. The number of aryl methyl sites for hydroxylation is 1. The molecule has 1 aromatic heterocycles. The van der Waals surface area contributed by atoms with Gasteiger partial charge in [-0.05, 0) is 12.6 Å². The Bertz CT molecular complexity index is 720. The number of likely N-dealkylation sites (N-methyl/N-ethyl adjacent to an activating group) is 1. The van der Waals surface area contributed by atoms with Crippen LogP contribution in [-0.4, -0.2) is 70.4 Å². The minimum atomic E-state index is -0.501. The van der Waals surface area contributed by atoms with Crippen LogP contribution >= 0.6 is 24.8 Å². The van der Waals surface area contributed by atoms with Gasteiger partial charge in [-0.2, -0.15) is 5.10 Å². The van der Waals surface area contributed by atoms with Gasteiger partial charge in [0.25, 0.3) is 0 Å². The van der Waals surface area contributed by atoms with Gasteiger partial charge in [0.15, 0.2) is 0 Å². The molecule has 28 heavy (non-hydrogen) atoms. The lowest BCUT2D eigenvalue weighted by Crippen LogP contribution is -2.51. The zero-order valence-electron chi connectivity index (χ0n) is 16.2. The van der Waals surface area contributed by atoms with Crippen LogP contribution in [0.2, 0.25) is 0 Å². The van der Waals surface area contributed by atoms with Gasteiger partial charge in [-0.3, -0.25) is 14.4 Å². The summed E-state index contributed by atoms with van der Waals surface area (Å²) in [5, 5.41) is 17.6. The Morgan fingerprint density at radius 2 is 1.79 bits per heavy atom. The number of piperazine rings is 1. The van der Waals surface area contributed by atoms with Crippen molar-refractivity contribution in [2.75, 3.05) is 39.8 Å². The molecular formula is C19H29Cl2N5O2. The number of halogens is 2. The second-order valence-electron chi connectivity index (χ2n) is 6.72. The molecule has 7 nitrogen and oxygen atoms in total. The topological polar surface area (TPSA) is 73.6 Å². The van der Waals surface area contributed by atoms with E-state index in [1.807, 2.05) is 48.5 Å². The van der Waals surface area contributed by atoms with Gasteiger partial charge in [-0.1, -0.05) is 30.3 Å². The molecule has 156 valence electrons. The maximum absolute atomic E-state index is 12.8. The van der Waals surface area contributed by atoms with Crippen LogP contribution in [0, 0.1) is 0 Å². The highest BCUT2D eigenvalue weighted by molar-refractivity contribution is 5.85. The lowest BCUT2D eigenvalue weighted by atomic mass is 10.1. The first-order valence-corrected chi connectivity index (χ1v) is 8.98. The first-order valence-electron chi connectivity index (χ1n) is 8.98. The molecule has 1 saturated heterocycles. The Morgan fingerprint density at radius 3 is 2.32 bits per heavy atom. The number of amides is 1. The van der Waals surface area contributed by atoms with E-state index in [1.165, 1.54) is 0 Å². The van der Waals surface area contributed by atoms with Crippen molar-refractivity contribution >= 4 is 30.7 Å². The average molecular weight is 430 g/mol. The fraction of sp³-hybridized carbons (Fsp3) is 0.474. The van der Waals surface area contributed by atoms with Crippen LogP contribution in [0.25, 0.3) is 0 Å². The maximum Gasteiger partial charge on any atom is 0.244 e. The fourth-order valence-electron chi connectivity index (χ4n) is 3.38. The van der Waals surface area contributed by atoms with Crippen LogP contribution in [0.1, 0.15) is 23.3 Å². The predicted molar refractivity (Wildman–Crippen MR) is 114 cm³/mol. The number of carbonyl (C=O) groups is 1. The highest BCUT2D eigenvalue weighted by Crippen LogP contribution is 2.18. The minimum absolute atomic E-state index is 0. The van der Waals surface area contributed by atoms with E-state index in [1.54, 1.807) is 17.9 Å². The van der Waals surface area contributed by atoms with Gasteiger partial charge >= 0.3 is 0 Å². The normalized spacial score (nSPS) is 16.6. The summed E-state index contributed by atoms with van der Waals surface area (Å²) in [4.78, 5) is 16.9. The van der Waals surface area contributed by atoms with E-state index < -0.39 is 6.10 Å². The number of benzene rings is 1. The summed E-state index contributed by atoms with van der Waals surface area (Å²) in [5.41, 5.74) is 1.81. The monoisotopic (exact) mass is 429 g/mol. The van der Waals surface area contributed by atoms with E-state index in [-0.39, 0.29) is 36.8 Å². The lowest BCUT2D eigenvalue weighted by Gasteiger charge is -2.37. The number of hydrogen-bond donors (Lipinski definition) is 2. The summed E-state index contributed by atoms with van der Waals surface area (Å²) in [5.74, 6) is 0.0729. The van der Waals surface area contributed by atoms with E-state index in [0.717, 1.165) is 24.2 Å². The quantitative estimate of drug-likeness (QED) is 0.725. The molecule has 3 rings (SSSR count). The Morgan fingerprint density at radius 1 is 1.14 bits per heavy atom. The first kappa shape index (κ1) is 24.4. The molecule has 0 radical (unpaired) electrons. The van der Waals surface area contributed by atoms with Gasteiger partial charge in [-0.15, -0.1) is 24.8 Å². The van der Waals surface area contributed by atoms with Crippen molar-refractivity contribution < 1.29 is 9.90 Å². The highest BCUT2D eigenvalue weighted by Gasteiger charge is 2.29. The van der Waals surface area contributed by atoms with E-state index >= 15 is 0 Å². The molecule has 0 saturated carbocycles. The van der Waals surface area contributed by atoms with Crippen molar-refractivity contribution in [1.29, 1.82) is 0 Å². The summed E-state index contributed by atoms with van der Waals surface area (Å²) in [6, 6.07) is 9.33. The van der Waals surface area contributed by atoms with Crippen LogP contribution in [0.4, 0.5) is 0 Å². The zero-order valence-corrected chi connectivity index (χ0v) is 17.8. The molecule has 9 heteroatoms. The van der Waals surface area contributed by atoms with Crippen molar-refractivity contribution in [3.05, 3.63) is 53.9 Å². The second-order valence-corrected chi connectivity index (χ2v) is 6.72. The molecule has 2 unspecified atom stereocenters. The van der Waals surface area contributed by atoms with Crippen molar-refractivity contribution in [2.45, 2.75) is 12.1 Å². The van der Waals surface area contributed by atoms with Crippen molar-refractivity contribution in [2.24, 2.45) is 7.05 Å². The molecule has 2 heterocycles.